The Labute approximate surface area is 80.0 Å². The van der Waals surface area contributed by atoms with E-state index < -0.39 is 0 Å². The van der Waals surface area contributed by atoms with Crippen molar-refractivity contribution in [3.05, 3.63) is 35.5 Å². The van der Waals surface area contributed by atoms with Crippen LogP contribution >= 0.6 is 11.6 Å². The normalized spacial score (nSPS) is 10.2. The van der Waals surface area contributed by atoms with Gasteiger partial charge in [-0.25, -0.2) is 4.98 Å². The monoisotopic (exact) mass is 194 g/mol. The highest BCUT2D eigenvalue weighted by Gasteiger charge is 2.01. The smallest absolute Gasteiger partial charge is 0.208 e. The zero-order valence-corrected chi connectivity index (χ0v) is 7.42. The first-order chi connectivity index (χ1) is 6.25. The standard InChI is InChI=1S/C9H7ClN2O/c10-7-3-1-2-6(4-7)9-11-5-8(13)12-9/h1-5,13H,(H,11,12). The third kappa shape index (κ3) is 1.65. The van der Waals surface area contributed by atoms with Crippen LogP contribution in [0.1, 0.15) is 0 Å². The van der Waals surface area contributed by atoms with Crippen LogP contribution in [0.4, 0.5) is 0 Å². The number of aromatic amines is 1. The lowest BCUT2D eigenvalue weighted by atomic mass is 10.2. The van der Waals surface area contributed by atoms with Gasteiger partial charge in [-0.1, -0.05) is 23.7 Å². The number of nitrogens with zero attached hydrogens (tertiary/aromatic N) is 1. The highest BCUT2D eigenvalue weighted by molar-refractivity contribution is 6.30. The van der Waals surface area contributed by atoms with Crippen molar-refractivity contribution in [2.24, 2.45) is 0 Å². The summed E-state index contributed by atoms with van der Waals surface area (Å²) in [7, 11) is 0. The highest BCUT2D eigenvalue weighted by Crippen LogP contribution is 2.20. The molecule has 0 saturated carbocycles. The Kier molecular flexibility index (Phi) is 1.94. The van der Waals surface area contributed by atoms with E-state index in [1.807, 2.05) is 12.1 Å². The molecule has 2 aromatic rings. The molecule has 0 spiro atoms. The minimum absolute atomic E-state index is 0.0509. The van der Waals surface area contributed by atoms with Crippen molar-refractivity contribution in [2.45, 2.75) is 0 Å². The fourth-order valence-electron chi connectivity index (χ4n) is 1.09. The van der Waals surface area contributed by atoms with Crippen LogP contribution in [0.2, 0.25) is 5.02 Å². The number of aromatic nitrogens is 2. The Morgan fingerprint density at radius 2 is 2.23 bits per heavy atom. The van der Waals surface area contributed by atoms with Crippen LogP contribution in [0.3, 0.4) is 0 Å². The first-order valence-corrected chi connectivity index (χ1v) is 4.13. The zero-order valence-electron chi connectivity index (χ0n) is 6.66. The maximum atomic E-state index is 9.03. The van der Waals surface area contributed by atoms with Crippen molar-refractivity contribution in [3.8, 4) is 17.3 Å². The average Bonchev–Trinajstić information content (AvgIpc) is 2.52. The van der Waals surface area contributed by atoms with Gasteiger partial charge < -0.3 is 10.1 Å². The molecular weight excluding hydrogens is 188 g/mol. The molecule has 0 amide bonds. The second-order valence-electron chi connectivity index (χ2n) is 2.63. The summed E-state index contributed by atoms with van der Waals surface area (Å²) in [6, 6.07) is 7.26. The molecule has 0 aliphatic carbocycles. The fourth-order valence-corrected chi connectivity index (χ4v) is 1.28. The van der Waals surface area contributed by atoms with Gasteiger partial charge in [0.25, 0.3) is 0 Å². The Morgan fingerprint density at radius 3 is 2.85 bits per heavy atom. The molecule has 1 aromatic heterocycles. The van der Waals surface area contributed by atoms with E-state index in [9.17, 15) is 0 Å². The predicted octanol–water partition coefficient (Wildman–Crippen LogP) is 2.44. The first-order valence-electron chi connectivity index (χ1n) is 3.75. The third-order valence-electron chi connectivity index (χ3n) is 1.66. The van der Waals surface area contributed by atoms with Crippen LogP contribution in [-0.2, 0) is 0 Å². The first kappa shape index (κ1) is 8.13. The average molecular weight is 195 g/mol. The van der Waals surface area contributed by atoms with E-state index in [4.69, 9.17) is 16.7 Å². The molecule has 0 aliphatic heterocycles. The van der Waals surface area contributed by atoms with E-state index in [1.54, 1.807) is 12.1 Å². The zero-order chi connectivity index (χ0) is 9.26. The largest absolute Gasteiger partial charge is 0.493 e. The SMILES string of the molecule is Oc1cnc(-c2cccc(Cl)c2)[nH]1. The molecule has 2 rings (SSSR count). The van der Waals surface area contributed by atoms with Crippen LogP contribution in [0, 0.1) is 0 Å². The molecule has 0 radical (unpaired) electrons. The number of H-pyrrole nitrogens is 1. The Bertz CT molecular complexity index is 425. The third-order valence-corrected chi connectivity index (χ3v) is 1.90. The maximum absolute atomic E-state index is 9.03. The van der Waals surface area contributed by atoms with Crippen LogP contribution in [0.25, 0.3) is 11.4 Å². The van der Waals surface area contributed by atoms with Crippen molar-refractivity contribution in [1.29, 1.82) is 0 Å². The summed E-state index contributed by atoms with van der Waals surface area (Å²) in [6.45, 7) is 0. The van der Waals surface area contributed by atoms with Crippen LogP contribution in [-0.4, -0.2) is 15.1 Å². The molecule has 66 valence electrons. The van der Waals surface area contributed by atoms with Crippen molar-refractivity contribution in [3.63, 3.8) is 0 Å². The second kappa shape index (κ2) is 3.11. The lowest BCUT2D eigenvalue weighted by molar-refractivity contribution is 0.457. The summed E-state index contributed by atoms with van der Waals surface area (Å²) in [5.41, 5.74) is 0.854. The second-order valence-corrected chi connectivity index (χ2v) is 3.06. The Balaban J connectivity index is 2.46. The van der Waals surface area contributed by atoms with Crippen LogP contribution < -0.4 is 0 Å². The molecule has 1 aromatic carbocycles. The number of nitrogens with one attached hydrogen (secondary N) is 1. The number of benzene rings is 1. The molecule has 0 fully saturated rings. The van der Waals surface area contributed by atoms with Gasteiger partial charge in [0.1, 0.15) is 5.82 Å². The lowest BCUT2D eigenvalue weighted by Gasteiger charge is -1.95. The van der Waals surface area contributed by atoms with Gasteiger partial charge >= 0.3 is 0 Å². The molecule has 4 heteroatoms. The molecular formula is C9H7ClN2O. The number of hydrogen-bond donors (Lipinski definition) is 2. The quantitative estimate of drug-likeness (QED) is 0.733. The summed E-state index contributed by atoms with van der Waals surface area (Å²) < 4.78 is 0. The molecule has 0 atom stereocenters. The molecule has 1 heterocycles. The summed E-state index contributed by atoms with van der Waals surface area (Å²) in [5.74, 6) is 0.662. The van der Waals surface area contributed by atoms with Crippen molar-refractivity contribution in [1.82, 2.24) is 9.97 Å². The van der Waals surface area contributed by atoms with Gasteiger partial charge in [0.15, 0.2) is 0 Å². The van der Waals surface area contributed by atoms with Crippen molar-refractivity contribution < 1.29 is 5.11 Å². The lowest BCUT2D eigenvalue weighted by Crippen LogP contribution is -1.78. The number of halogens is 1. The summed E-state index contributed by atoms with van der Waals surface area (Å²) in [4.78, 5) is 6.67. The van der Waals surface area contributed by atoms with Gasteiger partial charge in [0.2, 0.25) is 5.88 Å². The highest BCUT2D eigenvalue weighted by atomic mass is 35.5. The molecule has 13 heavy (non-hydrogen) atoms. The van der Waals surface area contributed by atoms with Gasteiger partial charge in [-0.2, -0.15) is 0 Å². The van der Waals surface area contributed by atoms with Gasteiger partial charge in [-0.3, -0.25) is 0 Å². The Hall–Kier alpha value is -1.48. The molecule has 0 aliphatic rings. The number of rotatable bonds is 1. The predicted molar refractivity (Wildman–Crippen MR) is 50.7 cm³/mol. The molecule has 0 unspecified atom stereocenters. The Morgan fingerprint density at radius 1 is 1.38 bits per heavy atom. The van der Waals surface area contributed by atoms with E-state index in [-0.39, 0.29) is 5.88 Å². The van der Waals surface area contributed by atoms with E-state index in [0.29, 0.717) is 10.8 Å². The van der Waals surface area contributed by atoms with E-state index in [1.165, 1.54) is 6.20 Å². The van der Waals surface area contributed by atoms with Gasteiger partial charge in [-0.05, 0) is 12.1 Å². The fraction of sp³-hybridized carbons (Fsp3) is 0. The number of aromatic hydroxyl groups is 1. The topological polar surface area (TPSA) is 48.9 Å². The number of imidazole rings is 1. The molecule has 3 nitrogen and oxygen atoms in total. The summed E-state index contributed by atoms with van der Waals surface area (Å²) in [5, 5.41) is 9.68. The van der Waals surface area contributed by atoms with Gasteiger partial charge in [0, 0.05) is 10.6 Å². The molecule has 0 saturated heterocycles. The van der Waals surface area contributed by atoms with Crippen molar-refractivity contribution >= 4 is 11.6 Å². The minimum atomic E-state index is 0.0509. The minimum Gasteiger partial charge on any atom is -0.493 e. The van der Waals surface area contributed by atoms with E-state index in [0.717, 1.165) is 5.56 Å². The van der Waals surface area contributed by atoms with Gasteiger partial charge in [0.05, 0.1) is 6.20 Å². The summed E-state index contributed by atoms with van der Waals surface area (Å²) >= 11 is 5.80. The number of hydrogen-bond acceptors (Lipinski definition) is 2. The molecule has 2 N–H and O–H groups in total. The van der Waals surface area contributed by atoms with Crippen molar-refractivity contribution in [2.75, 3.05) is 0 Å². The maximum Gasteiger partial charge on any atom is 0.208 e. The van der Waals surface area contributed by atoms with Gasteiger partial charge in [-0.15, -0.1) is 0 Å². The molecule has 0 bridgehead atoms. The summed E-state index contributed by atoms with van der Waals surface area (Å²) in [6.07, 6.45) is 1.36. The van der Waals surface area contributed by atoms with E-state index >= 15 is 0 Å². The van der Waals surface area contributed by atoms with Crippen LogP contribution in [0.5, 0.6) is 5.88 Å². The van der Waals surface area contributed by atoms with Crippen LogP contribution in [0.15, 0.2) is 30.5 Å². The van der Waals surface area contributed by atoms with E-state index in [2.05, 4.69) is 9.97 Å².